The van der Waals surface area contributed by atoms with E-state index in [0.717, 1.165) is 0 Å². The number of nitrogens with zero attached hydrogens (tertiary/aromatic N) is 1. The summed E-state index contributed by atoms with van der Waals surface area (Å²) in [6, 6.07) is 5.14. The summed E-state index contributed by atoms with van der Waals surface area (Å²) in [6.45, 7) is 3.41. The number of methoxy groups -OCH3 is 1. The number of rotatable bonds is 5. The predicted octanol–water partition coefficient (Wildman–Crippen LogP) is 2.58. The SMILES string of the molecule is CC[C@]1(O)C[C@@H](OC2CC(N(C)C)C(O)C(C)O2)c2c(cc3c(c2O)C(=O)c2c(O)cccc2C3=O)[C@@H]1C(=O)OC.Cl. The lowest BCUT2D eigenvalue weighted by molar-refractivity contribution is -0.258. The molecule has 0 bridgehead atoms. The first kappa shape index (κ1) is 31.9. The summed E-state index contributed by atoms with van der Waals surface area (Å²) in [6.07, 6.45) is -3.09. The van der Waals surface area contributed by atoms with Gasteiger partial charge in [-0.2, -0.15) is 0 Å². The Morgan fingerprint density at radius 3 is 2.45 bits per heavy atom. The van der Waals surface area contributed by atoms with Gasteiger partial charge in [-0.1, -0.05) is 19.1 Å². The van der Waals surface area contributed by atoms with E-state index in [1.807, 2.05) is 19.0 Å². The number of fused-ring (bicyclic) bond motifs is 3. The van der Waals surface area contributed by atoms with Gasteiger partial charge in [0.15, 0.2) is 12.1 Å². The Morgan fingerprint density at radius 1 is 1.14 bits per heavy atom. The minimum atomic E-state index is -1.69. The maximum atomic E-state index is 13.6. The van der Waals surface area contributed by atoms with E-state index in [1.54, 1.807) is 13.8 Å². The molecule has 1 fully saturated rings. The van der Waals surface area contributed by atoms with Crippen molar-refractivity contribution in [3.8, 4) is 11.5 Å². The van der Waals surface area contributed by atoms with Gasteiger partial charge >= 0.3 is 5.97 Å². The van der Waals surface area contributed by atoms with Crippen LogP contribution in [0.4, 0.5) is 0 Å². The average molecular weight is 606 g/mol. The van der Waals surface area contributed by atoms with Crippen molar-refractivity contribution in [2.24, 2.45) is 0 Å². The maximum absolute atomic E-state index is 13.6. The number of halogens is 1. The summed E-state index contributed by atoms with van der Waals surface area (Å²) in [5.74, 6) is -4.42. The first-order valence-electron chi connectivity index (χ1n) is 13.6. The Morgan fingerprint density at radius 2 is 1.83 bits per heavy atom. The monoisotopic (exact) mass is 605 g/mol. The van der Waals surface area contributed by atoms with Crippen LogP contribution in [-0.4, -0.2) is 94.2 Å². The van der Waals surface area contributed by atoms with Gasteiger partial charge in [0, 0.05) is 35.6 Å². The predicted molar refractivity (Wildman–Crippen MR) is 151 cm³/mol. The van der Waals surface area contributed by atoms with Gasteiger partial charge in [-0.15, -0.1) is 12.4 Å². The molecule has 2 aliphatic carbocycles. The van der Waals surface area contributed by atoms with Crippen molar-refractivity contribution < 1.29 is 49.0 Å². The Balaban J connectivity index is 0.00000405. The van der Waals surface area contributed by atoms with Crippen molar-refractivity contribution in [3.05, 3.63) is 57.6 Å². The molecule has 5 rings (SSSR count). The third-order valence-corrected chi connectivity index (χ3v) is 8.77. The molecule has 0 spiro atoms. The van der Waals surface area contributed by atoms with Gasteiger partial charge in [-0.3, -0.25) is 14.4 Å². The van der Waals surface area contributed by atoms with Gasteiger partial charge in [0.05, 0.1) is 42.1 Å². The summed E-state index contributed by atoms with van der Waals surface area (Å²) in [5.41, 5.74) is -2.27. The van der Waals surface area contributed by atoms with E-state index in [1.165, 1.54) is 31.4 Å². The Bertz CT molecular complexity index is 1430. The molecule has 0 saturated carbocycles. The molecule has 0 aromatic heterocycles. The summed E-state index contributed by atoms with van der Waals surface area (Å²) in [4.78, 5) is 42.1. The number of hydrogen-bond donors (Lipinski definition) is 4. The standard InChI is InChI=1S/C30H35NO10.ClH/c1-6-30(38)12-19(41-20-11-17(31(3)4)25(33)13(2)40-20)22-15(24(30)29(37)39-5)10-16-23(28(22)36)27(35)21-14(26(16)34)8-7-9-18(21)32;/h7-10,13,17,19-20,24-25,32-33,36,38H,6,11-12H2,1-5H3;1H/t13?,17?,19-,20?,24-,25?,30+;/m1./s1. The van der Waals surface area contributed by atoms with Gasteiger partial charge in [-0.25, -0.2) is 0 Å². The van der Waals surface area contributed by atoms with Crippen LogP contribution < -0.4 is 0 Å². The Kier molecular flexibility index (Phi) is 8.77. The van der Waals surface area contributed by atoms with Gasteiger partial charge < -0.3 is 39.5 Å². The van der Waals surface area contributed by atoms with Crippen molar-refractivity contribution in [1.29, 1.82) is 0 Å². The zero-order valence-electron chi connectivity index (χ0n) is 24.0. The zero-order chi connectivity index (χ0) is 30.0. The van der Waals surface area contributed by atoms with E-state index in [2.05, 4.69) is 0 Å². The highest BCUT2D eigenvalue weighted by molar-refractivity contribution is 6.30. The van der Waals surface area contributed by atoms with E-state index in [0.29, 0.717) is 0 Å². The first-order valence-corrected chi connectivity index (χ1v) is 13.6. The van der Waals surface area contributed by atoms with Crippen LogP contribution in [0.1, 0.15) is 88.1 Å². The molecule has 0 amide bonds. The minimum absolute atomic E-state index is 0. The van der Waals surface area contributed by atoms with Crippen molar-refractivity contribution in [1.82, 2.24) is 4.90 Å². The summed E-state index contributed by atoms with van der Waals surface area (Å²) in [7, 11) is 4.82. The van der Waals surface area contributed by atoms with Gasteiger partial charge in [0.2, 0.25) is 5.78 Å². The third-order valence-electron chi connectivity index (χ3n) is 8.77. The van der Waals surface area contributed by atoms with E-state index >= 15 is 0 Å². The third kappa shape index (κ3) is 4.87. The number of phenolic OH excluding ortho intramolecular Hbond substituents is 2. The molecule has 2 aromatic rings. The van der Waals surface area contributed by atoms with Crippen LogP contribution in [-0.2, 0) is 19.0 Å². The number of aliphatic hydroxyl groups excluding tert-OH is 1. The van der Waals surface area contributed by atoms with Crippen molar-refractivity contribution >= 4 is 29.9 Å². The van der Waals surface area contributed by atoms with Crippen LogP contribution in [0.5, 0.6) is 11.5 Å². The van der Waals surface area contributed by atoms with Crippen molar-refractivity contribution in [2.75, 3.05) is 21.2 Å². The molecule has 4 unspecified atom stereocenters. The molecular formula is C30H36ClNO10. The second-order valence-electron chi connectivity index (χ2n) is 11.3. The first-order chi connectivity index (χ1) is 19.3. The normalized spacial score (nSPS) is 30.2. The number of esters is 1. The molecule has 12 heteroatoms. The molecule has 7 atom stereocenters. The molecule has 1 saturated heterocycles. The quantitative estimate of drug-likeness (QED) is 0.316. The van der Waals surface area contributed by atoms with Crippen LogP contribution in [0.25, 0.3) is 0 Å². The van der Waals surface area contributed by atoms with Gasteiger partial charge in [-0.05, 0) is 45.1 Å². The number of benzene rings is 2. The molecule has 228 valence electrons. The van der Waals surface area contributed by atoms with E-state index in [-0.39, 0.29) is 71.1 Å². The summed E-state index contributed by atoms with van der Waals surface area (Å²) >= 11 is 0. The van der Waals surface area contributed by atoms with Crippen LogP contribution in [0.3, 0.4) is 0 Å². The largest absolute Gasteiger partial charge is 0.507 e. The fraction of sp³-hybridized carbons (Fsp3) is 0.500. The second kappa shape index (κ2) is 11.6. The van der Waals surface area contributed by atoms with Crippen LogP contribution in [0.2, 0.25) is 0 Å². The lowest BCUT2D eigenvalue weighted by Gasteiger charge is -2.46. The molecule has 4 N–H and O–H groups in total. The number of ketones is 2. The number of likely N-dealkylation sites (N-methyl/N-ethyl adjacent to an activating group) is 1. The van der Waals surface area contributed by atoms with E-state index in [9.17, 15) is 34.8 Å². The number of ether oxygens (including phenoxy) is 3. The molecule has 42 heavy (non-hydrogen) atoms. The van der Waals surface area contributed by atoms with Gasteiger partial charge in [0.1, 0.15) is 17.4 Å². The average Bonchev–Trinajstić information content (AvgIpc) is 2.92. The number of carbonyl (C=O) groups is 3. The highest BCUT2D eigenvalue weighted by atomic mass is 35.5. The van der Waals surface area contributed by atoms with Crippen molar-refractivity contribution in [2.45, 2.75) is 75.3 Å². The minimum Gasteiger partial charge on any atom is -0.507 e. The number of hydrogen-bond acceptors (Lipinski definition) is 11. The van der Waals surface area contributed by atoms with Crippen LogP contribution in [0.15, 0.2) is 24.3 Å². The van der Waals surface area contributed by atoms with E-state index < -0.39 is 65.2 Å². The van der Waals surface area contributed by atoms with Crippen LogP contribution >= 0.6 is 12.4 Å². The zero-order valence-corrected chi connectivity index (χ0v) is 24.8. The topological polar surface area (TPSA) is 163 Å². The number of aliphatic hydroxyl groups is 2. The maximum Gasteiger partial charge on any atom is 0.316 e. The fourth-order valence-electron chi connectivity index (χ4n) is 6.50. The molecule has 2 aromatic carbocycles. The number of carbonyl (C=O) groups excluding carboxylic acids is 3. The fourth-order valence-corrected chi connectivity index (χ4v) is 6.50. The summed E-state index contributed by atoms with van der Waals surface area (Å²) in [5, 5.41) is 44.5. The van der Waals surface area contributed by atoms with Crippen molar-refractivity contribution in [3.63, 3.8) is 0 Å². The number of aromatic hydroxyl groups is 2. The molecule has 11 nitrogen and oxygen atoms in total. The lowest BCUT2D eigenvalue weighted by atomic mass is 9.67. The smallest absolute Gasteiger partial charge is 0.316 e. The van der Waals surface area contributed by atoms with Gasteiger partial charge in [0.25, 0.3) is 0 Å². The molecular weight excluding hydrogens is 570 g/mol. The molecule has 3 aliphatic rings. The highest BCUT2D eigenvalue weighted by Crippen LogP contribution is 2.54. The van der Waals surface area contributed by atoms with E-state index in [4.69, 9.17) is 14.2 Å². The summed E-state index contributed by atoms with van der Waals surface area (Å²) < 4.78 is 17.3. The van der Waals surface area contributed by atoms with Crippen LogP contribution in [0, 0.1) is 0 Å². The highest BCUT2D eigenvalue weighted by Gasteiger charge is 2.53. The Hall–Kier alpha value is -3.06. The molecule has 0 radical (unpaired) electrons. The second-order valence-corrected chi connectivity index (χ2v) is 11.3. The lowest BCUT2D eigenvalue weighted by Crippen LogP contribution is -2.54. The number of phenols is 2. The Labute approximate surface area is 249 Å². The molecule has 1 aliphatic heterocycles. The molecule has 1 heterocycles.